The number of carboxylic acid groups (broad SMARTS) is 1. The van der Waals surface area contributed by atoms with Crippen molar-refractivity contribution in [2.75, 3.05) is 19.3 Å². The molecule has 0 aliphatic carbocycles. The van der Waals surface area contributed by atoms with Crippen molar-refractivity contribution in [3.05, 3.63) is 64.5 Å². The number of benzene rings is 2. The largest absolute Gasteiger partial charge is 0.497 e. The number of thiophene rings is 1. The Labute approximate surface area is 230 Å². The van der Waals surface area contributed by atoms with Gasteiger partial charge in [0.15, 0.2) is 0 Å². The molecule has 2 N–H and O–H groups in total. The van der Waals surface area contributed by atoms with Crippen molar-refractivity contribution in [3.8, 4) is 16.3 Å². The Hall–Kier alpha value is -3.59. The smallest absolute Gasteiger partial charge is 0.419 e. The first kappa shape index (κ1) is 28.4. The van der Waals surface area contributed by atoms with Crippen LogP contribution < -0.4 is 15.1 Å². The second kappa shape index (κ2) is 10.5. The van der Waals surface area contributed by atoms with E-state index in [4.69, 9.17) is 14.0 Å². The molecule has 2 aromatic heterocycles. The van der Waals surface area contributed by atoms with Crippen LogP contribution in [0.3, 0.4) is 0 Å². The van der Waals surface area contributed by atoms with E-state index in [2.05, 4.69) is 5.09 Å². The van der Waals surface area contributed by atoms with Gasteiger partial charge in [-0.1, -0.05) is 17.7 Å². The molecule has 0 radical (unpaired) electrons. The van der Waals surface area contributed by atoms with Crippen LogP contribution in [0.25, 0.3) is 21.5 Å². The predicted molar refractivity (Wildman–Crippen MR) is 154 cm³/mol. The number of nitrogens with zero attached hydrogens (tertiary/aromatic N) is 1. The molecule has 39 heavy (non-hydrogen) atoms. The Morgan fingerprint density at radius 2 is 1.74 bits per heavy atom. The average Bonchev–Trinajstić information content (AvgIpc) is 3.43. The molecule has 11 heteroatoms. The van der Waals surface area contributed by atoms with Crippen molar-refractivity contribution in [3.63, 3.8) is 0 Å². The van der Waals surface area contributed by atoms with Gasteiger partial charge in [0.2, 0.25) is 0 Å². The Bertz CT molecular complexity index is 1630. The van der Waals surface area contributed by atoms with Gasteiger partial charge in [0.1, 0.15) is 16.2 Å². The molecule has 0 amide bonds. The lowest BCUT2D eigenvalue weighted by Gasteiger charge is -2.21. The van der Waals surface area contributed by atoms with Crippen LogP contribution >= 0.6 is 18.9 Å². The first-order chi connectivity index (χ1) is 18.3. The Balaban J connectivity index is 1.88. The lowest BCUT2D eigenvalue weighted by molar-refractivity contribution is 0.0546. The van der Waals surface area contributed by atoms with Gasteiger partial charge >= 0.3 is 19.6 Å². The fourth-order valence-electron chi connectivity index (χ4n) is 4.26. The molecule has 0 bridgehead atoms. The molecule has 0 spiro atoms. The highest BCUT2D eigenvalue weighted by Gasteiger charge is 2.31. The molecule has 4 aromatic rings. The van der Waals surface area contributed by atoms with Crippen molar-refractivity contribution in [1.29, 1.82) is 0 Å². The predicted octanol–water partition coefficient (Wildman–Crippen LogP) is 7.05. The van der Waals surface area contributed by atoms with Gasteiger partial charge in [-0.15, -0.1) is 11.3 Å². The number of fused-ring (bicyclic) bond motifs is 1. The first-order valence-electron chi connectivity index (χ1n) is 12.1. The zero-order valence-electron chi connectivity index (χ0n) is 22.8. The number of rotatable bonds is 7. The van der Waals surface area contributed by atoms with Gasteiger partial charge in [-0.25, -0.2) is 14.2 Å². The van der Waals surface area contributed by atoms with Crippen LogP contribution in [0.5, 0.6) is 5.75 Å². The number of carboxylic acids is 1. The van der Waals surface area contributed by atoms with Crippen molar-refractivity contribution >= 4 is 52.8 Å². The second-order valence-corrected chi connectivity index (χ2v) is 13.3. The number of aryl methyl sites for hydroxylation is 2. The zero-order chi connectivity index (χ0) is 28.7. The molecule has 2 heterocycles. The maximum absolute atomic E-state index is 13.9. The lowest BCUT2D eigenvalue weighted by Crippen LogP contribution is -2.27. The van der Waals surface area contributed by atoms with Gasteiger partial charge in [0.25, 0.3) is 0 Å². The molecule has 0 fully saturated rings. The minimum absolute atomic E-state index is 0.0781. The summed E-state index contributed by atoms with van der Waals surface area (Å²) in [5, 5.41) is 14.0. The Morgan fingerprint density at radius 1 is 1.03 bits per heavy atom. The number of carbonyl (C=O) groups excluding carboxylic acids is 1. The highest BCUT2D eigenvalue weighted by Crippen LogP contribution is 2.49. The summed E-state index contributed by atoms with van der Waals surface area (Å²) >= 11 is 0.950. The highest BCUT2D eigenvalue weighted by molar-refractivity contribution is 7.68. The van der Waals surface area contributed by atoms with Crippen LogP contribution in [0.1, 0.15) is 41.6 Å². The quantitative estimate of drug-likeness (QED) is 0.227. The van der Waals surface area contributed by atoms with Crippen molar-refractivity contribution in [2.24, 2.45) is 0 Å². The number of aromatic carboxylic acids is 1. The molecular weight excluding hydrogens is 539 g/mol. The number of hydrogen-bond donors (Lipinski definition) is 2. The van der Waals surface area contributed by atoms with Crippen LogP contribution in [-0.2, 0) is 13.8 Å². The number of methoxy groups -OCH3 is 1. The van der Waals surface area contributed by atoms with E-state index in [-0.39, 0.29) is 10.6 Å². The van der Waals surface area contributed by atoms with E-state index in [1.807, 2.05) is 26.0 Å². The minimum Gasteiger partial charge on any atom is -0.497 e. The van der Waals surface area contributed by atoms with Gasteiger partial charge in [0.05, 0.1) is 34.2 Å². The molecule has 9 nitrogen and oxygen atoms in total. The van der Waals surface area contributed by atoms with E-state index in [0.29, 0.717) is 32.5 Å². The van der Waals surface area contributed by atoms with E-state index in [1.54, 1.807) is 64.3 Å². The van der Waals surface area contributed by atoms with Crippen LogP contribution in [0.15, 0.2) is 48.5 Å². The van der Waals surface area contributed by atoms with Crippen LogP contribution in [0.4, 0.5) is 10.5 Å². The summed E-state index contributed by atoms with van der Waals surface area (Å²) in [5.74, 6) is -0.608. The molecule has 206 valence electrons. The molecule has 4 rings (SSSR count). The van der Waals surface area contributed by atoms with Crippen LogP contribution in [0, 0.1) is 13.8 Å². The third-order valence-electron chi connectivity index (χ3n) is 5.96. The number of hydrogen-bond acceptors (Lipinski definition) is 7. The summed E-state index contributed by atoms with van der Waals surface area (Å²) in [7, 11) is -0.833. The summed E-state index contributed by atoms with van der Waals surface area (Å²) < 4.78 is 31.8. The van der Waals surface area contributed by atoms with Crippen molar-refractivity contribution in [1.82, 2.24) is 4.57 Å². The monoisotopic (exact) mass is 570 g/mol. The maximum atomic E-state index is 13.9. The summed E-state index contributed by atoms with van der Waals surface area (Å²) in [6, 6.07) is 14.0. The lowest BCUT2D eigenvalue weighted by atomic mass is 10.2. The molecule has 0 aliphatic heterocycles. The fourth-order valence-corrected chi connectivity index (χ4v) is 7.00. The Morgan fingerprint density at radius 3 is 2.33 bits per heavy atom. The number of nitrogens with one attached hydrogen (secondary N) is 1. The maximum Gasteiger partial charge on any atom is 0.419 e. The van der Waals surface area contributed by atoms with E-state index in [1.165, 1.54) is 11.7 Å². The number of ether oxygens (including phenoxy) is 2. The van der Waals surface area contributed by atoms with E-state index in [9.17, 15) is 19.3 Å². The summed E-state index contributed by atoms with van der Waals surface area (Å²) in [5.41, 5.74) is 2.09. The molecular formula is C28H31N2O7PS. The van der Waals surface area contributed by atoms with Gasteiger partial charge in [-0.3, -0.25) is 4.57 Å². The SMILES string of the molecule is COc1ccc2c(c1)cc(-c1cc(NP(=O)(OC)c3ccc(C)cc3C)c(C(=O)O)s1)n2C(=O)OC(C)(C)C. The molecule has 0 saturated heterocycles. The molecule has 0 aliphatic rings. The molecule has 0 saturated carbocycles. The minimum atomic E-state index is -3.70. The van der Waals surface area contributed by atoms with Gasteiger partial charge < -0.3 is 24.2 Å². The van der Waals surface area contributed by atoms with Crippen molar-refractivity contribution in [2.45, 2.75) is 40.2 Å². The average molecular weight is 571 g/mol. The van der Waals surface area contributed by atoms with Crippen LogP contribution in [0.2, 0.25) is 0 Å². The van der Waals surface area contributed by atoms with E-state index >= 15 is 0 Å². The Kier molecular flexibility index (Phi) is 7.67. The van der Waals surface area contributed by atoms with Crippen molar-refractivity contribution < 1.29 is 33.3 Å². The third kappa shape index (κ3) is 5.73. The van der Waals surface area contributed by atoms with E-state index in [0.717, 1.165) is 22.5 Å². The number of carbonyl (C=O) groups is 2. The fraction of sp³-hybridized carbons (Fsp3) is 0.286. The molecule has 1 atom stereocenters. The topological polar surface area (TPSA) is 116 Å². The summed E-state index contributed by atoms with van der Waals surface area (Å²) in [4.78, 5) is 26.0. The van der Waals surface area contributed by atoms with Gasteiger partial charge in [-0.05, 0) is 76.6 Å². The first-order valence-corrected chi connectivity index (χ1v) is 14.5. The van der Waals surface area contributed by atoms with Gasteiger partial charge in [-0.2, -0.15) is 0 Å². The zero-order valence-corrected chi connectivity index (χ0v) is 24.5. The second-order valence-electron chi connectivity index (χ2n) is 10.1. The van der Waals surface area contributed by atoms with E-state index < -0.39 is 25.2 Å². The molecule has 1 unspecified atom stereocenters. The molecule has 2 aromatic carbocycles. The van der Waals surface area contributed by atoms with Gasteiger partial charge in [0, 0.05) is 12.5 Å². The summed E-state index contributed by atoms with van der Waals surface area (Å²) in [6.45, 7) is 9.05. The standard InChI is InChI=1S/C28H31N2O7PS/c1-16-8-11-23(17(2)12-16)38(34,36-7)29-20-15-24(39-25(20)26(31)32)22-14-18-13-19(35-6)9-10-21(18)30(22)27(33)37-28(3,4)5/h8-15H,1-7H3,(H,29,34)(H,31,32). The highest BCUT2D eigenvalue weighted by atomic mass is 32.1. The number of anilines is 1. The number of aromatic nitrogens is 1. The normalized spacial score (nSPS) is 13.2. The third-order valence-corrected chi connectivity index (χ3v) is 9.29. The summed E-state index contributed by atoms with van der Waals surface area (Å²) in [6.07, 6.45) is -0.615. The van der Waals surface area contributed by atoms with Crippen LogP contribution in [-0.4, -0.2) is 41.6 Å².